The molecule has 8 heteroatoms. The van der Waals surface area contributed by atoms with E-state index in [2.05, 4.69) is 4.74 Å². The number of hydrogen-bond acceptors (Lipinski definition) is 3. The van der Waals surface area contributed by atoms with Crippen LogP contribution < -0.4 is 0 Å². The van der Waals surface area contributed by atoms with Gasteiger partial charge < -0.3 is 14.7 Å². The number of alkyl halides is 3. The maximum Gasteiger partial charge on any atom is 0.406 e. The minimum absolute atomic E-state index is 0.0607. The summed E-state index contributed by atoms with van der Waals surface area (Å²) in [5, 5.41) is 8.27. The van der Waals surface area contributed by atoms with E-state index in [4.69, 9.17) is 5.11 Å². The maximum atomic E-state index is 12.2. The Morgan fingerprint density at radius 2 is 1.83 bits per heavy atom. The van der Waals surface area contributed by atoms with Crippen molar-refractivity contribution in [1.82, 2.24) is 4.90 Å². The third-order valence-electron chi connectivity index (χ3n) is 1.76. The number of carbonyl (C=O) groups is 2. The highest BCUT2D eigenvalue weighted by Gasteiger charge is 2.33. The number of nitrogens with zero attached hydrogens (tertiary/aromatic N) is 1. The second-order valence-electron chi connectivity index (χ2n) is 4.17. The lowest BCUT2D eigenvalue weighted by molar-refractivity contribution is -0.165. The Hall–Kier alpha value is -1.31. The number of carboxylic acids is 1. The molecule has 0 saturated carbocycles. The van der Waals surface area contributed by atoms with E-state index < -0.39 is 37.8 Å². The van der Waals surface area contributed by atoms with Gasteiger partial charge in [0, 0.05) is 6.54 Å². The smallest absolute Gasteiger partial charge is 0.406 e. The molecule has 5 nitrogen and oxygen atoms in total. The second-order valence-corrected chi connectivity index (χ2v) is 4.17. The van der Waals surface area contributed by atoms with Crippen LogP contribution in [0.1, 0.15) is 13.8 Å². The number of rotatable bonds is 7. The zero-order chi connectivity index (χ0) is 14.3. The zero-order valence-corrected chi connectivity index (χ0v) is 10.2. The van der Waals surface area contributed by atoms with Gasteiger partial charge in [-0.2, -0.15) is 13.2 Å². The number of carboxylic acid groups (broad SMARTS) is 1. The van der Waals surface area contributed by atoms with Crippen molar-refractivity contribution in [2.75, 3.05) is 26.3 Å². The number of carbonyl (C=O) groups excluding carboxylic acids is 1. The Bertz CT molecular complexity index is 291. The molecule has 0 aliphatic rings. The number of amides is 1. The minimum atomic E-state index is -4.49. The number of halogens is 3. The fraction of sp³-hybridized carbons (Fsp3) is 0.800. The number of hydrogen-bond donors (Lipinski definition) is 1. The lowest BCUT2D eigenvalue weighted by atomic mass is 10.2. The first-order chi connectivity index (χ1) is 8.11. The predicted molar refractivity (Wildman–Crippen MR) is 55.9 cm³/mol. The third-order valence-corrected chi connectivity index (χ3v) is 1.76. The first kappa shape index (κ1) is 16.7. The predicted octanol–water partition coefficient (Wildman–Crippen LogP) is 1.13. The summed E-state index contributed by atoms with van der Waals surface area (Å²) < 4.78 is 41.2. The van der Waals surface area contributed by atoms with Crippen molar-refractivity contribution in [3.8, 4) is 0 Å². The molecule has 0 heterocycles. The van der Waals surface area contributed by atoms with Crippen molar-refractivity contribution in [2.45, 2.75) is 20.0 Å². The Labute approximate surface area is 103 Å². The second kappa shape index (κ2) is 7.20. The van der Waals surface area contributed by atoms with Gasteiger partial charge in [0.2, 0.25) is 5.91 Å². The lowest BCUT2D eigenvalue weighted by Crippen LogP contribution is -2.43. The normalized spacial score (nSPS) is 11.7. The van der Waals surface area contributed by atoms with E-state index in [0.717, 1.165) is 0 Å². The molecule has 0 aliphatic heterocycles. The van der Waals surface area contributed by atoms with Crippen LogP contribution in [0.3, 0.4) is 0 Å². The van der Waals surface area contributed by atoms with E-state index in [9.17, 15) is 22.8 Å². The molecule has 106 valence electrons. The van der Waals surface area contributed by atoms with Crippen molar-refractivity contribution >= 4 is 11.9 Å². The van der Waals surface area contributed by atoms with Crippen LogP contribution in [0, 0.1) is 5.92 Å². The molecule has 0 aromatic rings. The molecule has 0 rings (SSSR count). The first-order valence-corrected chi connectivity index (χ1v) is 5.26. The third kappa shape index (κ3) is 8.80. The highest BCUT2D eigenvalue weighted by atomic mass is 19.4. The highest BCUT2D eigenvalue weighted by Crippen LogP contribution is 2.17. The van der Waals surface area contributed by atoms with Gasteiger partial charge in [0.25, 0.3) is 0 Å². The lowest BCUT2D eigenvalue weighted by Gasteiger charge is -2.25. The van der Waals surface area contributed by atoms with Crippen LogP contribution in [0.2, 0.25) is 0 Å². The van der Waals surface area contributed by atoms with E-state index in [1.54, 1.807) is 13.8 Å². The van der Waals surface area contributed by atoms with Gasteiger partial charge in [-0.15, -0.1) is 0 Å². The summed E-state index contributed by atoms with van der Waals surface area (Å²) in [5.41, 5.74) is 0. The molecule has 0 aromatic heterocycles. The molecular formula is C10H16F3NO4. The van der Waals surface area contributed by atoms with E-state index in [1.807, 2.05) is 0 Å². The van der Waals surface area contributed by atoms with Crippen molar-refractivity contribution < 1.29 is 32.6 Å². The molecule has 0 unspecified atom stereocenters. The van der Waals surface area contributed by atoms with Crippen molar-refractivity contribution in [1.29, 1.82) is 0 Å². The average Bonchev–Trinajstić information content (AvgIpc) is 2.12. The van der Waals surface area contributed by atoms with Gasteiger partial charge in [0.15, 0.2) is 0 Å². The molecule has 1 N–H and O–H groups in total. The Kier molecular flexibility index (Phi) is 6.67. The van der Waals surface area contributed by atoms with Crippen LogP contribution in [-0.4, -0.2) is 54.4 Å². The van der Waals surface area contributed by atoms with Crippen molar-refractivity contribution in [2.24, 2.45) is 5.92 Å². The molecule has 1 amide bonds. The fourth-order valence-corrected chi connectivity index (χ4v) is 1.23. The van der Waals surface area contributed by atoms with Gasteiger partial charge in [0.05, 0.1) is 0 Å². The average molecular weight is 271 g/mol. The molecular weight excluding hydrogens is 255 g/mol. The van der Waals surface area contributed by atoms with Crippen LogP contribution in [-0.2, 0) is 14.3 Å². The summed E-state index contributed by atoms with van der Waals surface area (Å²) in [5.74, 6) is -2.29. The molecule has 0 atom stereocenters. The Morgan fingerprint density at radius 1 is 1.28 bits per heavy atom. The minimum Gasteiger partial charge on any atom is -0.480 e. The zero-order valence-electron chi connectivity index (χ0n) is 10.2. The molecule has 0 aromatic carbocycles. The van der Waals surface area contributed by atoms with E-state index in [0.29, 0.717) is 4.90 Å². The number of ether oxygens (including phenoxy) is 1. The van der Waals surface area contributed by atoms with Crippen LogP contribution >= 0.6 is 0 Å². The summed E-state index contributed by atoms with van der Waals surface area (Å²) in [7, 11) is 0. The van der Waals surface area contributed by atoms with E-state index in [1.165, 1.54) is 0 Å². The maximum absolute atomic E-state index is 12.2. The topological polar surface area (TPSA) is 66.8 Å². The summed E-state index contributed by atoms with van der Waals surface area (Å²) >= 11 is 0. The standard InChI is InChI=1S/C10H16F3NO4/c1-7(2)3-14(6-10(11,12)13)8(15)4-18-5-9(16)17/h7H,3-6H2,1-2H3,(H,16,17). The molecule has 0 spiro atoms. The fourth-order valence-electron chi connectivity index (χ4n) is 1.23. The summed E-state index contributed by atoms with van der Waals surface area (Å²) in [4.78, 5) is 22.2. The molecule has 0 fully saturated rings. The first-order valence-electron chi connectivity index (χ1n) is 5.26. The van der Waals surface area contributed by atoms with Crippen molar-refractivity contribution in [3.05, 3.63) is 0 Å². The van der Waals surface area contributed by atoms with Crippen LogP contribution in [0.5, 0.6) is 0 Å². The Balaban J connectivity index is 4.36. The van der Waals surface area contributed by atoms with E-state index >= 15 is 0 Å². The molecule has 18 heavy (non-hydrogen) atoms. The van der Waals surface area contributed by atoms with Gasteiger partial charge in [-0.25, -0.2) is 4.79 Å². The molecule has 0 saturated heterocycles. The van der Waals surface area contributed by atoms with Crippen LogP contribution in [0.15, 0.2) is 0 Å². The highest BCUT2D eigenvalue weighted by molar-refractivity contribution is 5.78. The monoisotopic (exact) mass is 271 g/mol. The molecule has 0 radical (unpaired) electrons. The van der Waals surface area contributed by atoms with Gasteiger partial charge in [0.1, 0.15) is 19.8 Å². The van der Waals surface area contributed by atoms with Crippen LogP contribution in [0.4, 0.5) is 13.2 Å². The quantitative estimate of drug-likeness (QED) is 0.754. The molecule has 0 bridgehead atoms. The van der Waals surface area contributed by atoms with Gasteiger partial charge in [-0.05, 0) is 5.92 Å². The van der Waals surface area contributed by atoms with Crippen LogP contribution in [0.25, 0.3) is 0 Å². The number of aliphatic carboxylic acids is 1. The van der Waals surface area contributed by atoms with Gasteiger partial charge >= 0.3 is 12.1 Å². The summed E-state index contributed by atoms with van der Waals surface area (Å²) in [6, 6.07) is 0. The largest absolute Gasteiger partial charge is 0.480 e. The van der Waals surface area contributed by atoms with Gasteiger partial charge in [-0.1, -0.05) is 13.8 Å². The van der Waals surface area contributed by atoms with E-state index in [-0.39, 0.29) is 12.5 Å². The SMILES string of the molecule is CC(C)CN(CC(F)(F)F)C(=O)COCC(=O)O. The summed E-state index contributed by atoms with van der Waals surface area (Å²) in [6.45, 7) is 0.543. The Morgan fingerprint density at radius 3 is 2.22 bits per heavy atom. The summed E-state index contributed by atoms with van der Waals surface area (Å²) in [6.07, 6.45) is -4.49. The van der Waals surface area contributed by atoms with Crippen molar-refractivity contribution in [3.63, 3.8) is 0 Å². The van der Waals surface area contributed by atoms with Gasteiger partial charge in [-0.3, -0.25) is 4.79 Å². The molecule has 0 aliphatic carbocycles.